The Morgan fingerprint density at radius 3 is 2.31 bits per heavy atom. The quantitative estimate of drug-likeness (QED) is 0.868. The van der Waals surface area contributed by atoms with E-state index in [1.165, 1.54) is 3.57 Å². The molecule has 1 aromatic rings. The van der Waals surface area contributed by atoms with Crippen LogP contribution in [-0.2, 0) is 0 Å². The Hall–Kier alpha value is -0.290. The summed E-state index contributed by atoms with van der Waals surface area (Å²) in [5.74, 6) is 0.871. The molecular formula is C10H14INO. The Labute approximate surface area is 92.6 Å². The summed E-state index contributed by atoms with van der Waals surface area (Å²) < 4.78 is 6.88. The molecule has 2 nitrogen and oxygen atoms in total. The van der Waals surface area contributed by atoms with Gasteiger partial charge in [-0.05, 0) is 60.7 Å². The zero-order chi connectivity index (χ0) is 9.90. The highest BCUT2D eigenvalue weighted by Gasteiger charge is 2.16. The molecule has 0 fully saturated rings. The highest BCUT2D eigenvalue weighted by Crippen LogP contribution is 2.18. The second-order valence-corrected chi connectivity index (χ2v) is 4.77. The van der Waals surface area contributed by atoms with E-state index in [1.54, 1.807) is 0 Å². The summed E-state index contributed by atoms with van der Waals surface area (Å²) in [5, 5.41) is 0. The van der Waals surface area contributed by atoms with Crippen molar-refractivity contribution in [1.29, 1.82) is 0 Å². The first-order valence-electron chi connectivity index (χ1n) is 4.18. The minimum Gasteiger partial charge on any atom is -0.487 e. The van der Waals surface area contributed by atoms with Crippen LogP contribution in [0.1, 0.15) is 13.8 Å². The summed E-state index contributed by atoms with van der Waals surface area (Å²) in [6.07, 6.45) is 0. The van der Waals surface area contributed by atoms with E-state index in [2.05, 4.69) is 22.6 Å². The van der Waals surface area contributed by atoms with Gasteiger partial charge in [0.15, 0.2) is 0 Å². The second kappa shape index (κ2) is 4.28. The molecule has 0 saturated carbocycles. The highest BCUT2D eigenvalue weighted by molar-refractivity contribution is 14.1. The van der Waals surface area contributed by atoms with Gasteiger partial charge in [0, 0.05) is 10.1 Å². The molecule has 0 heterocycles. The number of nitrogens with two attached hydrogens (primary N) is 1. The number of hydrogen-bond acceptors (Lipinski definition) is 2. The largest absolute Gasteiger partial charge is 0.487 e. The van der Waals surface area contributed by atoms with Crippen molar-refractivity contribution >= 4 is 22.6 Å². The van der Waals surface area contributed by atoms with Crippen LogP contribution in [0.5, 0.6) is 5.75 Å². The molecule has 0 amide bonds. The van der Waals surface area contributed by atoms with Gasteiger partial charge in [0.25, 0.3) is 0 Å². The van der Waals surface area contributed by atoms with Crippen molar-refractivity contribution < 1.29 is 4.74 Å². The Morgan fingerprint density at radius 1 is 1.31 bits per heavy atom. The normalized spacial score (nSPS) is 11.4. The van der Waals surface area contributed by atoms with E-state index >= 15 is 0 Å². The third kappa shape index (κ3) is 3.52. The van der Waals surface area contributed by atoms with Gasteiger partial charge in [-0.3, -0.25) is 0 Å². The Morgan fingerprint density at radius 2 is 1.85 bits per heavy atom. The van der Waals surface area contributed by atoms with Crippen molar-refractivity contribution in [1.82, 2.24) is 0 Å². The van der Waals surface area contributed by atoms with Gasteiger partial charge in [0.2, 0.25) is 0 Å². The molecule has 0 radical (unpaired) electrons. The summed E-state index contributed by atoms with van der Waals surface area (Å²) in [6, 6.07) is 7.95. The predicted octanol–water partition coefficient (Wildman–Crippen LogP) is 2.41. The van der Waals surface area contributed by atoms with Crippen molar-refractivity contribution in [3.8, 4) is 5.75 Å². The molecule has 0 aliphatic rings. The van der Waals surface area contributed by atoms with Gasteiger partial charge < -0.3 is 10.5 Å². The molecule has 2 N–H and O–H groups in total. The summed E-state index contributed by atoms with van der Waals surface area (Å²) in [5.41, 5.74) is 5.27. The summed E-state index contributed by atoms with van der Waals surface area (Å²) in [6.45, 7) is 4.47. The van der Waals surface area contributed by atoms with Crippen LogP contribution in [0.25, 0.3) is 0 Å². The van der Waals surface area contributed by atoms with Gasteiger partial charge in [-0.25, -0.2) is 0 Å². The van der Waals surface area contributed by atoms with Crippen molar-refractivity contribution in [2.75, 3.05) is 6.54 Å². The van der Waals surface area contributed by atoms with Crippen LogP contribution in [0.3, 0.4) is 0 Å². The van der Waals surface area contributed by atoms with E-state index in [0.29, 0.717) is 6.54 Å². The molecule has 1 rings (SSSR count). The van der Waals surface area contributed by atoms with Gasteiger partial charge in [0.05, 0.1) is 0 Å². The van der Waals surface area contributed by atoms with Gasteiger partial charge in [-0.15, -0.1) is 0 Å². The van der Waals surface area contributed by atoms with Crippen LogP contribution < -0.4 is 10.5 Å². The average molecular weight is 291 g/mol. The van der Waals surface area contributed by atoms with Crippen LogP contribution in [0.2, 0.25) is 0 Å². The molecule has 0 saturated heterocycles. The maximum Gasteiger partial charge on any atom is 0.120 e. The van der Waals surface area contributed by atoms with Gasteiger partial charge >= 0.3 is 0 Å². The lowest BCUT2D eigenvalue weighted by Crippen LogP contribution is -2.37. The van der Waals surface area contributed by atoms with Crippen molar-refractivity contribution in [3.63, 3.8) is 0 Å². The molecule has 3 heteroatoms. The van der Waals surface area contributed by atoms with Crippen LogP contribution >= 0.6 is 22.6 Å². The minimum atomic E-state index is -0.285. The van der Waals surface area contributed by atoms with E-state index < -0.39 is 0 Å². The fourth-order valence-corrected chi connectivity index (χ4v) is 1.22. The molecule has 0 atom stereocenters. The highest BCUT2D eigenvalue weighted by atomic mass is 127. The maximum absolute atomic E-state index is 5.68. The van der Waals surface area contributed by atoms with Gasteiger partial charge in [0.1, 0.15) is 11.4 Å². The zero-order valence-electron chi connectivity index (χ0n) is 7.88. The lowest BCUT2D eigenvalue weighted by molar-refractivity contribution is 0.119. The second-order valence-electron chi connectivity index (χ2n) is 3.52. The van der Waals surface area contributed by atoms with E-state index in [4.69, 9.17) is 10.5 Å². The molecule has 0 aliphatic carbocycles. The lowest BCUT2D eigenvalue weighted by Gasteiger charge is -2.24. The summed E-state index contributed by atoms with van der Waals surface area (Å²) in [4.78, 5) is 0. The number of benzene rings is 1. The van der Waals surface area contributed by atoms with Crippen molar-refractivity contribution in [2.24, 2.45) is 5.73 Å². The topological polar surface area (TPSA) is 35.2 Å². The first kappa shape index (κ1) is 10.8. The van der Waals surface area contributed by atoms with E-state index in [-0.39, 0.29) is 5.60 Å². The van der Waals surface area contributed by atoms with Crippen molar-refractivity contribution in [2.45, 2.75) is 19.4 Å². The fourth-order valence-electron chi connectivity index (χ4n) is 0.863. The minimum absolute atomic E-state index is 0.285. The molecular weight excluding hydrogens is 277 g/mol. The Balaban J connectivity index is 2.69. The Bertz CT molecular complexity index is 269. The molecule has 1 aromatic carbocycles. The lowest BCUT2D eigenvalue weighted by atomic mass is 10.1. The number of hydrogen-bond donors (Lipinski definition) is 1. The smallest absolute Gasteiger partial charge is 0.120 e. The van der Waals surface area contributed by atoms with E-state index in [9.17, 15) is 0 Å². The number of ether oxygens (including phenoxy) is 1. The maximum atomic E-state index is 5.68. The standard InChI is InChI=1S/C10H14INO/c1-10(2,7-12)13-9-5-3-8(11)4-6-9/h3-6H,7,12H2,1-2H3. The van der Waals surface area contributed by atoms with Gasteiger partial charge in [-0.2, -0.15) is 0 Å². The first-order valence-corrected chi connectivity index (χ1v) is 5.26. The fraction of sp³-hybridized carbons (Fsp3) is 0.400. The number of rotatable bonds is 3. The zero-order valence-corrected chi connectivity index (χ0v) is 10.0. The summed E-state index contributed by atoms with van der Waals surface area (Å²) >= 11 is 2.26. The van der Waals surface area contributed by atoms with Crippen molar-refractivity contribution in [3.05, 3.63) is 27.8 Å². The van der Waals surface area contributed by atoms with E-state index in [1.807, 2.05) is 38.1 Å². The molecule has 0 spiro atoms. The van der Waals surface area contributed by atoms with Crippen LogP contribution in [-0.4, -0.2) is 12.1 Å². The molecule has 0 bridgehead atoms. The number of halogens is 1. The van der Waals surface area contributed by atoms with Crippen LogP contribution in [0.4, 0.5) is 0 Å². The Kier molecular flexibility index (Phi) is 3.55. The summed E-state index contributed by atoms with van der Waals surface area (Å²) in [7, 11) is 0. The molecule has 13 heavy (non-hydrogen) atoms. The monoisotopic (exact) mass is 291 g/mol. The van der Waals surface area contributed by atoms with Crippen LogP contribution in [0, 0.1) is 3.57 Å². The third-order valence-electron chi connectivity index (χ3n) is 1.70. The predicted molar refractivity (Wildman–Crippen MR) is 62.9 cm³/mol. The molecule has 0 aliphatic heterocycles. The SMILES string of the molecule is CC(C)(CN)Oc1ccc(I)cc1. The molecule has 0 unspecified atom stereocenters. The third-order valence-corrected chi connectivity index (χ3v) is 2.42. The van der Waals surface area contributed by atoms with Crippen LogP contribution in [0.15, 0.2) is 24.3 Å². The first-order chi connectivity index (χ1) is 6.03. The molecule has 72 valence electrons. The average Bonchev–Trinajstić information content (AvgIpc) is 2.09. The van der Waals surface area contributed by atoms with E-state index in [0.717, 1.165) is 5.75 Å². The van der Waals surface area contributed by atoms with Gasteiger partial charge in [-0.1, -0.05) is 0 Å². The molecule has 0 aromatic heterocycles.